The Labute approximate surface area is 253 Å². The van der Waals surface area contributed by atoms with Crippen LogP contribution in [0.25, 0.3) is 23.0 Å². The maximum atomic E-state index is 13.4. The first-order chi connectivity index (χ1) is 20.2. The van der Waals surface area contributed by atoms with Crippen molar-refractivity contribution in [1.82, 2.24) is 45.3 Å². The molecule has 5 rings (SSSR count). The molecule has 1 aliphatic heterocycles. The van der Waals surface area contributed by atoms with E-state index in [1.54, 1.807) is 24.3 Å². The number of tetrazole rings is 1. The van der Waals surface area contributed by atoms with Crippen molar-refractivity contribution in [2.45, 2.75) is 31.8 Å². The van der Waals surface area contributed by atoms with E-state index in [0.717, 1.165) is 17.5 Å². The van der Waals surface area contributed by atoms with Crippen LogP contribution < -0.4 is 5.32 Å². The predicted octanol–water partition coefficient (Wildman–Crippen LogP) is 4.09. The molecule has 0 bridgehead atoms. The van der Waals surface area contributed by atoms with E-state index in [1.807, 2.05) is 50.2 Å². The van der Waals surface area contributed by atoms with Crippen molar-refractivity contribution >= 4 is 41.1 Å². The van der Waals surface area contributed by atoms with E-state index in [1.165, 1.54) is 17.1 Å². The van der Waals surface area contributed by atoms with Gasteiger partial charge in [0.2, 0.25) is 11.8 Å². The summed E-state index contributed by atoms with van der Waals surface area (Å²) < 4.78 is 1.48. The number of H-pyrrole nitrogens is 1. The van der Waals surface area contributed by atoms with Crippen LogP contribution in [0.5, 0.6) is 0 Å². The lowest BCUT2D eigenvalue weighted by Crippen LogP contribution is -2.37. The molecule has 2 aromatic heterocycles. The number of hydrogen-bond donors (Lipinski definition) is 2. The van der Waals surface area contributed by atoms with Gasteiger partial charge in [-0.25, -0.2) is 4.98 Å². The highest BCUT2D eigenvalue weighted by Crippen LogP contribution is 2.29. The minimum atomic E-state index is -0.747. The Hall–Kier alpha value is -4.06. The molecular weight excluding hydrogens is 577 g/mol. The average molecular weight is 609 g/mol. The number of aryl methyl sites for hydroxylation is 1. The summed E-state index contributed by atoms with van der Waals surface area (Å²) in [6, 6.07) is 12.5. The van der Waals surface area contributed by atoms with E-state index in [0.29, 0.717) is 52.1 Å². The van der Waals surface area contributed by atoms with Gasteiger partial charge >= 0.3 is 0 Å². The third-order valence-electron chi connectivity index (χ3n) is 7.27. The Bertz CT molecular complexity index is 1580. The van der Waals surface area contributed by atoms with E-state index >= 15 is 0 Å². The number of likely N-dealkylation sites (tertiary alicyclic amines) is 1. The Morgan fingerprint density at radius 2 is 1.98 bits per heavy atom. The average Bonchev–Trinajstić information content (AvgIpc) is 3.74. The van der Waals surface area contributed by atoms with Gasteiger partial charge in [-0.15, -0.1) is 5.10 Å². The fraction of sp³-hybridized carbons (Fsp3) is 0.310. The zero-order valence-electron chi connectivity index (χ0n) is 23.5. The van der Waals surface area contributed by atoms with Crippen LogP contribution in [-0.4, -0.2) is 85.0 Å². The number of aromatic amines is 1. The maximum absolute atomic E-state index is 13.4. The van der Waals surface area contributed by atoms with Gasteiger partial charge < -0.3 is 20.1 Å². The number of benzene rings is 2. The number of nitrogens with one attached hydrogen (secondary N) is 2. The third kappa shape index (κ3) is 6.87. The van der Waals surface area contributed by atoms with Crippen molar-refractivity contribution in [1.29, 1.82) is 0 Å². The zero-order valence-corrected chi connectivity index (χ0v) is 25.0. The fourth-order valence-electron chi connectivity index (χ4n) is 4.87. The van der Waals surface area contributed by atoms with Gasteiger partial charge in [0.05, 0.1) is 18.2 Å². The number of nitrogens with zero attached hydrogens (tertiary/aromatic N) is 7. The van der Waals surface area contributed by atoms with Gasteiger partial charge in [-0.05, 0) is 62.1 Å². The highest BCUT2D eigenvalue weighted by molar-refractivity contribution is 6.32. The first-order valence-electron chi connectivity index (χ1n) is 13.5. The minimum Gasteiger partial charge on any atom is -0.342 e. The SMILES string of the molecule is Cc1ccc(-c2nc([C@H](CC(=O)N3CC[C@@H](N(C)C)C3)NC(=O)/C=C/c3cc(Cl)ccc3-n3cnnn3)[nH]c2Cl)cc1. The minimum absolute atomic E-state index is 0.0178. The van der Waals surface area contributed by atoms with E-state index in [9.17, 15) is 9.59 Å². The normalized spacial score (nSPS) is 16.0. The molecule has 2 N–H and O–H groups in total. The van der Waals surface area contributed by atoms with E-state index in [4.69, 9.17) is 28.2 Å². The summed E-state index contributed by atoms with van der Waals surface area (Å²) in [6.45, 7) is 3.29. The number of hydrogen-bond acceptors (Lipinski definition) is 7. The predicted molar refractivity (Wildman–Crippen MR) is 161 cm³/mol. The van der Waals surface area contributed by atoms with Crippen LogP contribution >= 0.6 is 23.2 Å². The Morgan fingerprint density at radius 3 is 2.67 bits per heavy atom. The molecule has 42 heavy (non-hydrogen) atoms. The molecule has 1 saturated heterocycles. The number of aromatic nitrogens is 6. The Balaban J connectivity index is 1.39. The molecule has 0 saturated carbocycles. The molecule has 218 valence electrons. The largest absolute Gasteiger partial charge is 0.342 e. The molecule has 0 aliphatic carbocycles. The van der Waals surface area contributed by atoms with Crippen LogP contribution in [0.2, 0.25) is 10.2 Å². The van der Waals surface area contributed by atoms with E-state index in [2.05, 4.69) is 30.7 Å². The number of carbonyl (C=O) groups excluding carboxylic acids is 2. The molecule has 0 radical (unpaired) electrons. The highest BCUT2D eigenvalue weighted by Gasteiger charge is 2.31. The smallest absolute Gasteiger partial charge is 0.244 e. The number of rotatable bonds is 9. The van der Waals surface area contributed by atoms with Gasteiger partial charge in [0.1, 0.15) is 23.0 Å². The van der Waals surface area contributed by atoms with Crippen molar-refractivity contribution in [3.05, 3.63) is 82.0 Å². The molecule has 2 aromatic carbocycles. The monoisotopic (exact) mass is 607 g/mol. The summed E-state index contributed by atoms with van der Waals surface area (Å²) in [4.78, 5) is 38.4. The fourth-order valence-corrected chi connectivity index (χ4v) is 5.30. The van der Waals surface area contributed by atoms with Crippen molar-refractivity contribution < 1.29 is 9.59 Å². The molecule has 0 unspecified atom stereocenters. The number of carbonyl (C=O) groups is 2. The lowest BCUT2D eigenvalue weighted by atomic mass is 10.1. The zero-order chi connectivity index (χ0) is 29.8. The summed E-state index contributed by atoms with van der Waals surface area (Å²) in [6.07, 6.45) is 5.36. The highest BCUT2D eigenvalue weighted by atomic mass is 35.5. The van der Waals surface area contributed by atoms with Crippen LogP contribution in [0.4, 0.5) is 0 Å². The molecular formula is C29H31Cl2N9O2. The molecule has 13 heteroatoms. The first kappa shape index (κ1) is 29.4. The number of imidazole rings is 1. The van der Waals surface area contributed by atoms with Crippen molar-refractivity contribution in [3.8, 4) is 16.9 Å². The summed E-state index contributed by atoms with van der Waals surface area (Å²) in [5, 5.41) is 15.0. The van der Waals surface area contributed by atoms with E-state index in [-0.39, 0.29) is 12.3 Å². The standard InChI is InChI=1S/C29H31Cl2N9O2/c1-18-4-6-19(7-5-18)27-28(31)35-29(34-27)23(15-26(42)39-13-12-22(16-39)38(2)3)33-25(41)11-8-20-14-21(30)9-10-24(20)40-17-32-36-37-40/h4-11,14,17,22-23H,12-13,15-16H2,1-3H3,(H,33,41)(H,34,35)/b11-8+/t22-,23+/m1/s1. The first-order valence-corrected chi connectivity index (χ1v) is 14.2. The molecule has 1 fully saturated rings. The van der Waals surface area contributed by atoms with Crippen molar-refractivity contribution in [3.63, 3.8) is 0 Å². The van der Waals surface area contributed by atoms with Crippen LogP contribution in [0.15, 0.2) is 54.9 Å². The molecule has 0 spiro atoms. The summed E-state index contributed by atoms with van der Waals surface area (Å²) in [5.74, 6) is -0.104. The Morgan fingerprint density at radius 1 is 1.19 bits per heavy atom. The van der Waals surface area contributed by atoms with Gasteiger partial charge in [-0.1, -0.05) is 53.0 Å². The lowest BCUT2D eigenvalue weighted by Gasteiger charge is -2.22. The van der Waals surface area contributed by atoms with Gasteiger partial charge in [0.15, 0.2) is 0 Å². The quantitative estimate of drug-likeness (QED) is 0.274. The summed E-state index contributed by atoms with van der Waals surface area (Å²) >= 11 is 12.8. The summed E-state index contributed by atoms with van der Waals surface area (Å²) in [5.41, 5.74) is 3.76. The molecule has 2 atom stereocenters. The lowest BCUT2D eigenvalue weighted by molar-refractivity contribution is -0.131. The maximum Gasteiger partial charge on any atom is 0.244 e. The van der Waals surface area contributed by atoms with Crippen LogP contribution in [0.1, 0.15) is 35.8 Å². The second-order valence-corrected chi connectivity index (χ2v) is 11.3. The number of likely N-dealkylation sites (N-methyl/N-ethyl adjacent to an activating group) is 1. The van der Waals surface area contributed by atoms with Gasteiger partial charge in [0.25, 0.3) is 0 Å². The molecule has 11 nitrogen and oxygen atoms in total. The Kier molecular flexibility index (Phi) is 9.00. The molecule has 3 heterocycles. The van der Waals surface area contributed by atoms with Gasteiger partial charge in [0, 0.05) is 41.4 Å². The van der Waals surface area contributed by atoms with E-state index < -0.39 is 11.9 Å². The van der Waals surface area contributed by atoms with Crippen molar-refractivity contribution in [2.75, 3.05) is 27.2 Å². The second-order valence-electron chi connectivity index (χ2n) is 10.5. The number of amides is 2. The van der Waals surface area contributed by atoms with Gasteiger partial charge in [-0.3, -0.25) is 9.59 Å². The molecule has 4 aromatic rings. The molecule has 1 aliphatic rings. The van der Waals surface area contributed by atoms with Crippen LogP contribution in [0, 0.1) is 6.92 Å². The van der Waals surface area contributed by atoms with Gasteiger partial charge in [-0.2, -0.15) is 4.68 Å². The summed E-state index contributed by atoms with van der Waals surface area (Å²) in [7, 11) is 4.02. The topological polar surface area (TPSA) is 125 Å². The van der Waals surface area contributed by atoms with Crippen LogP contribution in [-0.2, 0) is 9.59 Å². The third-order valence-corrected chi connectivity index (χ3v) is 7.78. The van der Waals surface area contributed by atoms with Crippen LogP contribution in [0.3, 0.4) is 0 Å². The van der Waals surface area contributed by atoms with Crippen molar-refractivity contribution in [2.24, 2.45) is 0 Å². The second kappa shape index (κ2) is 12.8. The number of halogens is 2. The molecule has 2 amide bonds.